The van der Waals surface area contributed by atoms with Crippen LogP contribution in [0.2, 0.25) is 0 Å². The Labute approximate surface area is 146 Å². The first-order chi connectivity index (χ1) is 12.3. The second-order valence-electron chi connectivity index (χ2n) is 6.42. The summed E-state index contributed by atoms with van der Waals surface area (Å²) >= 11 is 0. The zero-order valence-electron chi connectivity index (χ0n) is 14.1. The maximum Gasteiger partial charge on any atom is 0.0950 e. The molecular weight excluding hydrogens is 304 g/mol. The van der Waals surface area contributed by atoms with E-state index in [-0.39, 0.29) is 0 Å². The van der Waals surface area contributed by atoms with Crippen LogP contribution in [-0.2, 0) is 6.42 Å². The molecule has 120 valence electrons. The monoisotopic (exact) mass is 322 g/mol. The second-order valence-corrected chi connectivity index (χ2v) is 6.42. The highest BCUT2D eigenvalue weighted by molar-refractivity contribution is 5.98. The standard InChI is InChI=1S/C23H18N2/c1-2-16-11-13-17(14-12-16)23-22-15-18-7-3-5-9-20(18)25(22)21-10-6-4-8-19(21)24-23/h3-15H,2H2,1H3. The van der Waals surface area contributed by atoms with E-state index in [9.17, 15) is 0 Å². The van der Waals surface area contributed by atoms with Gasteiger partial charge in [0.2, 0.25) is 0 Å². The minimum atomic E-state index is 1.02. The van der Waals surface area contributed by atoms with Gasteiger partial charge in [-0.1, -0.05) is 61.5 Å². The first-order valence-electron chi connectivity index (χ1n) is 8.73. The van der Waals surface area contributed by atoms with Crippen molar-refractivity contribution >= 4 is 27.5 Å². The van der Waals surface area contributed by atoms with E-state index >= 15 is 0 Å². The molecule has 3 aromatic carbocycles. The Morgan fingerprint density at radius 2 is 1.48 bits per heavy atom. The van der Waals surface area contributed by atoms with Crippen LogP contribution < -0.4 is 0 Å². The van der Waals surface area contributed by atoms with Gasteiger partial charge < -0.3 is 4.40 Å². The summed E-state index contributed by atoms with van der Waals surface area (Å²) in [4.78, 5) is 5.00. The summed E-state index contributed by atoms with van der Waals surface area (Å²) in [5.41, 5.74) is 8.10. The van der Waals surface area contributed by atoms with Crippen molar-refractivity contribution in [3.8, 4) is 11.3 Å². The number of aryl methyl sites for hydroxylation is 1. The fourth-order valence-electron chi connectivity index (χ4n) is 3.62. The van der Waals surface area contributed by atoms with E-state index in [2.05, 4.69) is 90.2 Å². The van der Waals surface area contributed by atoms with Crippen molar-refractivity contribution in [2.45, 2.75) is 13.3 Å². The van der Waals surface area contributed by atoms with Crippen molar-refractivity contribution in [2.24, 2.45) is 0 Å². The molecule has 0 N–H and O–H groups in total. The van der Waals surface area contributed by atoms with Crippen LogP contribution in [0.5, 0.6) is 0 Å². The molecule has 0 spiro atoms. The summed E-state index contributed by atoms with van der Waals surface area (Å²) in [5.74, 6) is 0. The van der Waals surface area contributed by atoms with E-state index in [4.69, 9.17) is 4.98 Å². The molecule has 25 heavy (non-hydrogen) atoms. The molecule has 0 saturated carbocycles. The fourth-order valence-corrected chi connectivity index (χ4v) is 3.62. The zero-order chi connectivity index (χ0) is 16.8. The molecule has 0 unspecified atom stereocenters. The molecule has 0 radical (unpaired) electrons. The predicted octanol–water partition coefficient (Wildman–Crippen LogP) is 5.87. The van der Waals surface area contributed by atoms with Crippen LogP contribution in [0.4, 0.5) is 0 Å². The lowest BCUT2D eigenvalue weighted by Gasteiger charge is -2.10. The smallest absolute Gasteiger partial charge is 0.0950 e. The minimum absolute atomic E-state index is 1.02. The SMILES string of the molecule is CCc1ccc(-c2nc3ccccc3n3c2cc2ccccc23)cc1. The lowest BCUT2D eigenvalue weighted by atomic mass is 10.1. The van der Waals surface area contributed by atoms with Crippen molar-refractivity contribution in [3.05, 3.63) is 84.4 Å². The highest BCUT2D eigenvalue weighted by Crippen LogP contribution is 2.32. The van der Waals surface area contributed by atoms with Crippen LogP contribution in [0, 0.1) is 0 Å². The molecule has 0 fully saturated rings. The maximum absolute atomic E-state index is 5.00. The van der Waals surface area contributed by atoms with Gasteiger partial charge in [-0.3, -0.25) is 0 Å². The average Bonchev–Trinajstić information content (AvgIpc) is 3.07. The Kier molecular flexibility index (Phi) is 3.10. The van der Waals surface area contributed by atoms with Gasteiger partial charge in [0.1, 0.15) is 0 Å². The summed E-state index contributed by atoms with van der Waals surface area (Å²) in [7, 11) is 0. The number of fused-ring (bicyclic) bond motifs is 5. The summed E-state index contributed by atoms with van der Waals surface area (Å²) in [6, 6.07) is 27.9. The van der Waals surface area contributed by atoms with Crippen LogP contribution in [0.15, 0.2) is 78.9 Å². The zero-order valence-corrected chi connectivity index (χ0v) is 14.1. The number of aromatic nitrogens is 2. The van der Waals surface area contributed by atoms with Crippen molar-refractivity contribution in [1.29, 1.82) is 0 Å². The third-order valence-corrected chi connectivity index (χ3v) is 4.94. The number of para-hydroxylation sites is 3. The molecule has 5 rings (SSSR count). The number of nitrogens with zero attached hydrogens (tertiary/aromatic N) is 2. The molecule has 2 heterocycles. The van der Waals surface area contributed by atoms with Crippen molar-refractivity contribution < 1.29 is 0 Å². The van der Waals surface area contributed by atoms with Gasteiger partial charge in [0.25, 0.3) is 0 Å². The van der Waals surface area contributed by atoms with Gasteiger partial charge in [-0.2, -0.15) is 0 Å². The van der Waals surface area contributed by atoms with E-state index < -0.39 is 0 Å². The van der Waals surface area contributed by atoms with E-state index in [1.54, 1.807) is 0 Å². The molecular formula is C23H18N2. The molecule has 0 aliphatic carbocycles. The summed E-state index contributed by atoms with van der Waals surface area (Å²) < 4.78 is 2.33. The first kappa shape index (κ1) is 14.2. The molecule has 0 aliphatic heterocycles. The van der Waals surface area contributed by atoms with Gasteiger partial charge in [0.05, 0.1) is 27.8 Å². The molecule has 0 amide bonds. The average molecular weight is 322 g/mol. The number of hydrogen-bond donors (Lipinski definition) is 0. The topological polar surface area (TPSA) is 17.3 Å². The van der Waals surface area contributed by atoms with Gasteiger partial charge >= 0.3 is 0 Å². The molecule has 2 heteroatoms. The maximum atomic E-state index is 5.00. The van der Waals surface area contributed by atoms with Gasteiger partial charge in [-0.25, -0.2) is 4.98 Å². The Morgan fingerprint density at radius 3 is 2.28 bits per heavy atom. The van der Waals surface area contributed by atoms with Crippen molar-refractivity contribution in [3.63, 3.8) is 0 Å². The summed E-state index contributed by atoms with van der Waals surface area (Å²) in [5, 5.41) is 1.24. The summed E-state index contributed by atoms with van der Waals surface area (Å²) in [6.45, 7) is 2.18. The van der Waals surface area contributed by atoms with Gasteiger partial charge in [-0.15, -0.1) is 0 Å². The normalized spacial score (nSPS) is 11.6. The molecule has 0 atom stereocenters. The molecule has 0 bridgehead atoms. The fraction of sp³-hybridized carbons (Fsp3) is 0.0870. The van der Waals surface area contributed by atoms with Crippen LogP contribution in [0.25, 0.3) is 38.7 Å². The van der Waals surface area contributed by atoms with Crippen molar-refractivity contribution in [1.82, 2.24) is 9.38 Å². The van der Waals surface area contributed by atoms with E-state index in [0.717, 1.165) is 34.2 Å². The largest absolute Gasteiger partial charge is 0.306 e. The van der Waals surface area contributed by atoms with Crippen LogP contribution in [0.1, 0.15) is 12.5 Å². The van der Waals surface area contributed by atoms with Crippen LogP contribution in [0.3, 0.4) is 0 Å². The van der Waals surface area contributed by atoms with E-state index in [1.807, 2.05) is 0 Å². The highest BCUT2D eigenvalue weighted by atomic mass is 14.9. The number of hydrogen-bond acceptors (Lipinski definition) is 1. The lowest BCUT2D eigenvalue weighted by molar-refractivity contribution is 1.14. The Hall–Kier alpha value is -3.13. The third kappa shape index (κ3) is 2.14. The number of rotatable bonds is 2. The highest BCUT2D eigenvalue weighted by Gasteiger charge is 2.13. The van der Waals surface area contributed by atoms with Gasteiger partial charge in [0, 0.05) is 10.9 Å². The molecule has 0 saturated heterocycles. The molecule has 0 aliphatic rings. The van der Waals surface area contributed by atoms with Gasteiger partial charge in [0.15, 0.2) is 0 Å². The third-order valence-electron chi connectivity index (χ3n) is 4.94. The van der Waals surface area contributed by atoms with E-state index in [0.29, 0.717) is 0 Å². The Bertz CT molecular complexity index is 1210. The predicted molar refractivity (Wildman–Crippen MR) is 105 cm³/mol. The Morgan fingerprint density at radius 1 is 0.760 bits per heavy atom. The second kappa shape index (κ2) is 5.45. The first-order valence-corrected chi connectivity index (χ1v) is 8.73. The number of benzene rings is 3. The van der Waals surface area contributed by atoms with Gasteiger partial charge in [-0.05, 0) is 36.2 Å². The molecule has 5 aromatic rings. The quantitative estimate of drug-likeness (QED) is 0.397. The lowest BCUT2D eigenvalue weighted by Crippen LogP contribution is -1.95. The van der Waals surface area contributed by atoms with E-state index in [1.165, 1.54) is 16.5 Å². The van der Waals surface area contributed by atoms with Crippen LogP contribution >= 0.6 is 0 Å². The van der Waals surface area contributed by atoms with Crippen molar-refractivity contribution in [2.75, 3.05) is 0 Å². The Balaban J connectivity index is 1.94. The minimum Gasteiger partial charge on any atom is -0.306 e. The molecule has 2 nitrogen and oxygen atoms in total. The summed E-state index contributed by atoms with van der Waals surface area (Å²) in [6.07, 6.45) is 1.05. The van der Waals surface area contributed by atoms with Crippen LogP contribution in [-0.4, -0.2) is 9.38 Å². The molecule has 2 aromatic heterocycles.